The maximum absolute atomic E-state index is 9.75. The van der Waals surface area contributed by atoms with Gasteiger partial charge in [-0.1, -0.05) is 19.6 Å². The van der Waals surface area contributed by atoms with Crippen LogP contribution in [0.15, 0.2) is 0 Å². The molecule has 0 saturated heterocycles. The summed E-state index contributed by atoms with van der Waals surface area (Å²) in [6.45, 7) is 6.65. The highest BCUT2D eigenvalue weighted by Crippen LogP contribution is 2.37. The Morgan fingerprint density at radius 2 is 1.42 bits per heavy atom. The summed E-state index contributed by atoms with van der Waals surface area (Å²) >= 11 is 0. The van der Waals surface area contributed by atoms with Crippen molar-refractivity contribution in [1.29, 1.82) is 0 Å². The summed E-state index contributed by atoms with van der Waals surface area (Å²) < 4.78 is 0. The van der Waals surface area contributed by atoms with E-state index in [-0.39, 0.29) is 17.7 Å². The number of rotatable bonds is 1. The van der Waals surface area contributed by atoms with Crippen LogP contribution in [0.3, 0.4) is 0 Å². The van der Waals surface area contributed by atoms with Crippen LogP contribution in [0.1, 0.15) is 19.3 Å². The highest BCUT2D eigenvalue weighted by atomic mass is 28.3. The van der Waals surface area contributed by atoms with Gasteiger partial charge in [-0.2, -0.15) is 0 Å². The highest BCUT2D eigenvalue weighted by molar-refractivity contribution is 6.77. The molecule has 0 bridgehead atoms. The minimum Gasteiger partial charge on any atom is -0.393 e. The molecular weight excluding hydrogens is 168 g/mol. The minimum absolute atomic E-state index is 0.186. The Hall–Kier alpha value is 0.137. The third-order valence-electron chi connectivity index (χ3n) is 2.83. The Balaban J connectivity index is 2.69. The molecule has 0 aromatic carbocycles. The fourth-order valence-corrected chi connectivity index (χ4v) is 4.95. The van der Waals surface area contributed by atoms with E-state index < -0.39 is 8.07 Å². The van der Waals surface area contributed by atoms with Gasteiger partial charge in [-0.3, -0.25) is 0 Å². The van der Waals surface area contributed by atoms with Gasteiger partial charge in [-0.05, 0) is 19.3 Å². The van der Waals surface area contributed by atoms with Crippen molar-refractivity contribution in [1.82, 2.24) is 0 Å². The molecule has 2 N–H and O–H groups in total. The minimum atomic E-state index is -1.38. The Morgan fingerprint density at radius 1 is 1.00 bits per heavy atom. The molecule has 1 aliphatic carbocycles. The van der Waals surface area contributed by atoms with Crippen molar-refractivity contribution in [2.24, 2.45) is 0 Å². The van der Waals surface area contributed by atoms with Gasteiger partial charge in [-0.15, -0.1) is 0 Å². The second kappa shape index (κ2) is 3.48. The van der Waals surface area contributed by atoms with E-state index in [1.807, 2.05) is 0 Å². The predicted molar refractivity (Wildman–Crippen MR) is 53.0 cm³/mol. The number of aliphatic hydroxyl groups is 2. The van der Waals surface area contributed by atoms with Crippen molar-refractivity contribution in [3.05, 3.63) is 0 Å². The Bertz CT molecular complexity index is 143. The van der Waals surface area contributed by atoms with Crippen molar-refractivity contribution in [2.45, 2.75) is 56.7 Å². The summed E-state index contributed by atoms with van der Waals surface area (Å²) in [5.41, 5.74) is 0.186. The van der Waals surface area contributed by atoms with Gasteiger partial charge in [0.2, 0.25) is 0 Å². The normalized spacial score (nSPS) is 38.2. The Labute approximate surface area is 75.6 Å². The van der Waals surface area contributed by atoms with Crippen molar-refractivity contribution in [3.63, 3.8) is 0 Å². The molecule has 0 amide bonds. The molecule has 1 unspecified atom stereocenters. The van der Waals surface area contributed by atoms with Crippen LogP contribution in [-0.2, 0) is 0 Å². The molecule has 3 heteroatoms. The average Bonchev–Trinajstić information content (AvgIpc) is 1.82. The monoisotopic (exact) mass is 188 g/mol. The van der Waals surface area contributed by atoms with E-state index in [2.05, 4.69) is 19.6 Å². The van der Waals surface area contributed by atoms with Crippen molar-refractivity contribution in [3.8, 4) is 0 Å². The third kappa shape index (κ3) is 2.09. The zero-order valence-corrected chi connectivity index (χ0v) is 9.25. The molecule has 12 heavy (non-hydrogen) atoms. The second-order valence-corrected chi connectivity index (χ2v) is 10.4. The molecule has 0 heterocycles. The van der Waals surface area contributed by atoms with Crippen LogP contribution in [0.2, 0.25) is 25.2 Å². The molecule has 0 spiro atoms. The molecule has 0 aliphatic heterocycles. The fraction of sp³-hybridized carbons (Fsp3) is 1.00. The lowest BCUT2D eigenvalue weighted by Gasteiger charge is -2.40. The van der Waals surface area contributed by atoms with E-state index in [0.717, 1.165) is 19.3 Å². The van der Waals surface area contributed by atoms with Crippen molar-refractivity contribution >= 4 is 8.07 Å². The molecule has 2 nitrogen and oxygen atoms in total. The molecule has 0 aromatic heterocycles. The van der Waals surface area contributed by atoms with Gasteiger partial charge in [0, 0.05) is 5.54 Å². The van der Waals surface area contributed by atoms with Gasteiger partial charge in [0.25, 0.3) is 0 Å². The molecule has 1 fully saturated rings. The number of hydrogen-bond donors (Lipinski definition) is 2. The first-order valence-electron chi connectivity index (χ1n) is 4.79. The largest absolute Gasteiger partial charge is 0.393 e. The van der Waals surface area contributed by atoms with E-state index in [1.54, 1.807) is 0 Å². The predicted octanol–water partition coefficient (Wildman–Crippen LogP) is 1.60. The first kappa shape index (κ1) is 10.2. The molecule has 0 aromatic rings. The van der Waals surface area contributed by atoms with E-state index in [0.29, 0.717) is 0 Å². The summed E-state index contributed by atoms with van der Waals surface area (Å²) in [7, 11) is -1.38. The van der Waals surface area contributed by atoms with E-state index >= 15 is 0 Å². The van der Waals surface area contributed by atoms with Crippen LogP contribution < -0.4 is 0 Å². The molecule has 1 aliphatic rings. The first-order valence-corrected chi connectivity index (χ1v) is 8.37. The third-order valence-corrected chi connectivity index (χ3v) is 5.60. The lowest BCUT2D eigenvalue weighted by Crippen LogP contribution is -2.45. The Kier molecular flexibility index (Phi) is 2.96. The molecule has 72 valence electrons. The average molecular weight is 188 g/mol. The van der Waals surface area contributed by atoms with Crippen LogP contribution in [0.25, 0.3) is 0 Å². The summed E-state index contributed by atoms with van der Waals surface area (Å²) in [5.74, 6) is 0. The van der Waals surface area contributed by atoms with Crippen LogP contribution >= 0.6 is 0 Å². The smallest absolute Gasteiger partial charge is 0.0569 e. The lowest BCUT2D eigenvalue weighted by molar-refractivity contribution is 0.0380. The van der Waals surface area contributed by atoms with Gasteiger partial charge in [-0.25, -0.2) is 0 Å². The highest BCUT2D eigenvalue weighted by Gasteiger charge is 2.40. The van der Waals surface area contributed by atoms with Crippen molar-refractivity contribution < 1.29 is 10.2 Å². The van der Waals surface area contributed by atoms with E-state index in [4.69, 9.17) is 0 Å². The molecular formula is C9H20O2Si. The van der Waals surface area contributed by atoms with E-state index in [9.17, 15) is 10.2 Å². The molecule has 1 rings (SSSR count). The zero-order chi connectivity index (χ0) is 9.35. The SMILES string of the molecule is C[Si](C)(C)C1[C@H](O)CCC[C@@H]1O. The quantitative estimate of drug-likeness (QED) is 0.614. The topological polar surface area (TPSA) is 40.5 Å². The van der Waals surface area contributed by atoms with Gasteiger partial charge < -0.3 is 10.2 Å². The Morgan fingerprint density at radius 3 is 1.67 bits per heavy atom. The summed E-state index contributed by atoms with van der Waals surface area (Å²) in [5, 5.41) is 19.5. The van der Waals surface area contributed by atoms with Crippen LogP contribution in [0, 0.1) is 0 Å². The summed E-state index contributed by atoms with van der Waals surface area (Å²) in [6, 6.07) is 0. The summed E-state index contributed by atoms with van der Waals surface area (Å²) in [4.78, 5) is 0. The van der Waals surface area contributed by atoms with Gasteiger partial charge in [0.05, 0.1) is 20.3 Å². The van der Waals surface area contributed by atoms with Crippen LogP contribution in [0.4, 0.5) is 0 Å². The maximum atomic E-state index is 9.75. The van der Waals surface area contributed by atoms with Gasteiger partial charge in [0.15, 0.2) is 0 Å². The van der Waals surface area contributed by atoms with Gasteiger partial charge in [0.1, 0.15) is 0 Å². The van der Waals surface area contributed by atoms with Gasteiger partial charge >= 0.3 is 0 Å². The lowest BCUT2D eigenvalue weighted by atomic mass is 9.94. The standard InChI is InChI=1S/C9H20O2Si/c1-12(2,3)9-7(10)5-4-6-8(9)11/h7-11H,4-6H2,1-3H3/t7-,8+,9?. The zero-order valence-electron chi connectivity index (χ0n) is 8.25. The number of aliphatic hydroxyl groups excluding tert-OH is 2. The maximum Gasteiger partial charge on any atom is 0.0569 e. The number of hydrogen-bond acceptors (Lipinski definition) is 2. The van der Waals surface area contributed by atoms with E-state index in [1.165, 1.54) is 0 Å². The van der Waals surface area contributed by atoms with Crippen LogP contribution in [-0.4, -0.2) is 30.5 Å². The van der Waals surface area contributed by atoms with Crippen molar-refractivity contribution in [2.75, 3.05) is 0 Å². The summed E-state index contributed by atoms with van der Waals surface area (Å²) in [6.07, 6.45) is 2.24. The first-order chi connectivity index (χ1) is 5.43. The second-order valence-electron chi connectivity index (χ2n) is 4.96. The van der Waals surface area contributed by atoms with Crippen LogP contribution in [0.5, 0.6) is 0 Å². The molecule has 0 radical (unpaired) electrons. The molecule has 3 atom stereocenters. The fourth-order valence-electron chi connectivity index (χ4n) is 2.31. The molecule has 1 saturated carbocycles.